The summed E-state index contributed by atoms with van der Waals surface area (Å²) < 4.78 is 32.4. The van der Waals surface area contributed by atoms with Crippen molar-refractivity contribution in [3.8, 4) is 5.75 Å². The molecular formula is C20H20F2N2O3. The van der Waals surface area contributed by atoms with E-state index in [0.717, 1.165) is 12.1 Å². The second-order valence-electron chi connectivity index (χ2n) is 6.49. The zero-order valence-corrected chi connectivity index (χ0v) is 14.6. The Kier molecular flexibility index (Phi) is 5.69. The predicted molar refractivity (Wildman–Crippen MR) is 94.7 cm³/mol. The van der Waals surface area contributed by atoms with E-state index in [1.54, 1.807) is 35.2 Å². The summed E-state index contributed by atoms with van der Waals surface area (Å²) in [6.45, 7) is 0.772. The molecule has 2 N–H and O–H groups in total. The van der Waals surface area contributed by atoms with E-state index in [-0.39, 0.29) is 23.5 Å². The number of primary amides is 1. The number of likely N-dealkylation sites (tertiary alicyclic amines) is 1. The number of hydrogen-bond acceptors (Lipinski definition) is 3. The van der Waals surface area contributed by atoms with Crippen LogP contribution in [0.2, 0.25) is 0 Å². The molecule has 2 aromatic carbocycles. The Labute approximate surface area is 155 Å². The highest BCUT2D eigenvalue weighted by atomic mass is 19.2. The molecule has 0 bridgehead atoms. The molecular weight excluding hydrogens is 354 g/mol. The van der Waals surface area contributed by atoms with Gasteiger partial charge >= 0.3 is 0 Å². The summed E-state index contributed by atoms with van der Waals surface area (Å²) in [5, 5.41) is 0. The van der Waals surface area contributed by atoms with Gasteiger partial charge in [-0.2, -0.15) is 0 Å². The monoisotopic (exact) mass is 374 g/mol. The van der Waals surface area contributed by atoms with Crippen molar-refractivity contribution in [2.45, 2.75) is 18.9 Å². The molecule has 2 aromatic rings. The first-order valence-corrected chi connectivity index (χ1v) is 8.70. The molecule has 1 aliphatic heterocycles. The molecule has 1 unspecified atom stereocenters. The molecule has 27 heavy (non-hydrogen) atoms. The highest BCUT2D eigenvalue weighted by Crippen LogP contribution is 2.27. The van der Waals surface area contributed by atoms with Gasteiger partial charge in [-0.15, -0.1) is 0 Å². The number of amides is 2. The van der Waals surface area contributed by atoms with Crippen molar-refractivity contribution in [2.75, 3.05) is 13.1 Å². The van der Waals surface area contributed by atoms with E-state index >= 15 is 0 Å². The number of ether oxygens (including phenoxy) is 1. The molecule has 1 heterocycles. The van der Waals surface area contributed by atoms with E-state index in [2.05, 4.69) is 0 Å². The lowest BCUT2D eigenvalue weighted by molar-refractivity contribution is -0.141. The van der Waals surface area contributed by atoms with Gasteiger partial charge in [0, 0.05) is 30.6 Å². The lowest BCUT2D eigenvalue weighted by Crippen LogP contribution is -2.44. The summed E-state index contributed by atoms with van der Waals surface area (Å²) in [7, 11) is 0. The van der Waals surface area contributed by atoms with E-state index in [1.807, 2.05) is 0 Å². The fraction of sp³-hybridized carbons (Fsp3) is 0.300. The maximum atomic E-state index is 13.5. The third kappa shape index (κ3) is 4.42. The van der Waals surface area contributed by atoms with Crippen LogP contribution in [0.1, 0.15) is 24.5 Å². The first-order chi connectivity index (χ1) is 13.0. The number of carbonyl (C=O) groups is 2. The van der Waals surface area contributed by atoms with Crippen LogP contribution >= 0.6 is 0 Å². The van der Waals surface area contributed by atoms with Crippen molar-refractivity contribution in [3.63, 3.8) is 0 Å². The number of nitrogens with zero attached hydrogens (tertiary/aromatic N) is 1. The predicted octanol–water partition coefficient (Wildman–Crippen LogP) is 2.81. The molecule has 0 radical (unpaired) electrons. The van der Waals surface area contributed by atoms with Crippen LogP contribution in [0.25, 0.3) is 0 Å². The first-order valence-electron chi connectivity index (χ1n) is 8.70. The van der Waals surface area contributed by atoms with Gasteiger partial charge in [-0.3, -0.25) is 9.59 Å². The van der Waals surface area contributed by atoms with Gasteiger partial charge in [0.05, 0.1) is 0 Å². The van der Waals surface area contributed by atoms with Gasteiger partial charge in [-0.25, -0.2) is 8.78 Å². The highest BCUT2D eigenvalue weighted by Gasteiger charge is 2.32. The maximum Gasteiger partial charge on any atom is 0.268 e. The molecule has 2 amide bonds. The van der Waals surface area contributed by atoms with Gasteiger partial charge in [0.15, 0.2) is 11.6 Å². The van der Waals surface area contributed by atoms with E-state index in [0.29, 0.717) is 31.5 Å². The van der Waals surface area contributed by atoms with Crippen LogP contribution in [-0.2, 0) is 9.59 Å². The molecule has 1 atom stereocenters. The SMILES string of the molecule is NC(=O)C1CCN(C(=O)C(Oc2ccc(F)c(F)c2)c2ccccc2)CC1. The lowest BCUT2D eigenvalue weighted by Gasteiger charge is -2.33. The summed E-state index contributed by atoms with van der Waals surface area (Å²) in [6.07, 6.45) is -0.0113. The van der Waals surface area contributed by atoms with Crippen molar-refractivity contribution >= 4 is 11.8 Å². The summed E-state index contributed by atoms with van der Waals surface area (Å²) in [5.74, 6) is -2.87. The van der Waals surface area contributed by atoms with E-state index in [9.17, 15) is 18.4 Å². The quantitative estimate of drug-likeness (QED) is 0.875. The van der Waals surface area contributed by atoms with Crippen molar-refractivity contribution in [2.24, 2.45) is 11.7 Å². The zero-order valence-electron chi connectivity index (χ0n) is 14.6. The first kappa shape index (κ1) is 18.8. The second-order valence-corrected chi connectivity index (χ2v) is 6.49. The van der Waals surface area contributed by atoms with Crippen LogP contribution in [0.5, 0.6) is 5.75 Å². The largest absolute Gasteiger partial charge is 0.476 e. The highest BCUT2D eigenvalue weighted by molar-refractivity contribution is 5.83. The van der Waals surface area contributed by atoms with Gasteiger partial charge in [0.25, 0.3) is 5.91 Å². The van der Waals surface area contributed by atoms with Crippen molar-refractivity contribution in [3.05, 3.63) is 65.7 Å². The van der Waals surface area contributed by atoms with Crippen molar-refractivity contribution < 1.29 is 23.1 Å². The molecule has 1 fully saturated rings. The molecule has 0 aliphatic carbocycles. The fourth-order valence-electron chi connectivity index (χ4n) is 3.13. The minimum atomic E-state index is -1.05. The standard InChI is InChI=1S/C20H20F2N2O3/c21-16-7-6-15(12-17(16)22)27-18(13-4-2-1-3-5-13)20(26)24-10-8-14(9-11-24)19(23)25/h1-7,12,14,18H,8-11H2,(H2,23,25). The number of hydrogen-bond donors (Lipinski definition) is 1. The normalized spacial score (nSPS) is 16.0. The van der Waals surface area contributed by atoms with E-state index in [1.165, 1.54) is 6.07 Å². The van der Waals surface area contributed by atoms with Crippen LogP contribution in [0, 0.1) is 17.6 Å². The van der Waals surface area contributed by atoms with Gasteiger partial charge in [0.1, 0.15) is 5.75 Å². The third-order valence-corrected chi connectivity index (χ3v) is 4.68. The molecule has 142 valence electrons. The van der Waals surface area contributed by atoms with Gasteiger partial charge in [-0.05, 0) is 25.0 Å². The van der Waals surface area contributed by atoms with Crippen LogP contribution < -0.4 is 10.5 Å². The Morgan fingerprint density at radius 3 is 2.30 bits per heavy atom. The molecule has 0 spiro atoms. The summed E-state index contributed by atoms with van der Waals surface area (Å²) in [5.41, 5.74) is 5.94. The fourth-order valence-corrected chi connectivity index (χ4v) is 3.13. The molecule has 0 aromatic heterocycles. The topological polar surface area (TPSA) is 72.6 Å². The average molecular weight is 374 g/mol. The van der Waals surface area contributed by atoms with E-state index < -0.39 is 17.7 Å². The Bertz CT molecular complexity index is 821. The van der Waals surface area contributed by atoms with Crippen LogP contribution in [0.15, 0.2) is 48.5 Å². The molecule has 5 nitrogen and oxygen atoms in total. The van der Waals surface area contributed by atoms with Crippen molar-refractivity contribution in [1.82, 2.24) is 4.90 Å². The van der Waals surface area contributed by atoms with Gasteiger partial charge in [0.2, 0.25) is 12.0 Å². The van der Waals surface area contributed by atoms with Crippen LogP contribution in [0.3, 0.4) is 0 Å². The van der Waals surface area contributed by atoms with Crippen LogP contribution in [0.4, 0.5) is 8.78 Å². The smallest absolute Gasteiger partial charge is 0.268 e. The molecule has 3 rings (SSSR count). The molecule has 1 aliphatic rings. The number of piperidine rings is 1. The summed E-state index contributed by atoms with van der Waals surface area (Å²) >= 11 is 0. The third-order valence-electron chi connectivity index (χ3n) is 4.68. The lowest BCUT2D eigenvalue weighted by atomic mass is 9.95. The summed E-state index contributed by atoms with van der Waals surface area (Å²) in [6, 6.07) is 12.0. The Balaban J connectivity index is 1.81. The average Bonchev–Trinajstić information content (AvgIpc) is 2.69. The molecule has 1 saturated heterocycles. The van der Waals surface area contributed by atoms with Crippen LogP contribution in [-0.4, -0.2) is 29.8 Å². The number of carbonyl (C=O) groups excluding carboxylic acids is 2. The summed E-state index contributed by atoms with van der Waals surface area (Å²) in [4.78, 5) is 26.0. The van der Waals surface area contributed by atoms with E-state index in [4.69, 9.17) is 10.5 Å². The Morgan fingerprint density at radius 1 is 1.04 bits per heavy atom. The second kappa shape index (κ2) is 8.16. The Hall–Kier alpha value is -2.96. The minimum absolute atomic E-state index is 0.0584. The number of rotatable bonds is 5. The minimum Gasteiger partial charge on any atom is -0.476 e. The van der Waals surface area contributed by atoms with Crippen molar-refractivity contribution in [1.29, 1.82) is 0 Å². The number of nitrogens with two attached hydrogens (primary N) is 1. The molecule has 7 heteroatoms. The molecule has 0 saturated carbocycles. The maximum absolute atomic E-state index is 13.5. The van der Waals surface area contributed by atoms with Gasteiger partial charge in [-0.1, -0.05) is 30.3 Å². The van der Waals surface area contributed by atoms with Gasteiger partial charge < -0.3 is 15.4 Å². The Morgan fingerprint density at radius 2 is 1.70 bits per heavy atom. The number of benzene rings is 2. The zero-order chi connectivity index (χ0) is 19.4. The number of halogens is 2.